The summed E-state index contributed by atoms with van der Waals surface area (Å²) in [5.41, 5.74) is 3.94. The normalized spacial score (nSPS) is 21.3. The molecule has 1 atom stereocenters. The quantitative estimate of drug-likeness (QED) is 0.554. The predicted molar refractivity (Wildman–Crippen MR) is 50.8 cm³/mol. The van der Waals surface area contributed by atoms with Gasteiger partial charge in [0.1, 0.15) is 0 Å². The maximum atomic E-state index is 4.61. The molecule has 0 N–H and O–H groups in total. The van der Waals surface area contributed by atoms with Crippen LogP contribution in [0.5, 0.6) is 0 Å². The van der Waals surface area contributed by atoms with Crippen LogP contribution in [0.25, 0.3) is 0 Å². The van der Waals surface area contributed by atoms with Crippen LogP contribution in [0.2, 0.25) is 0 Å². The molecule has 63 valence electrons. The molecule has 0 bridgehead atoms. The topological polar surface area (TPSA) is 14.1 Å². The van der Waals surface area contributed by atoms with E-state index in [-0.39, 0.29) is 0 Å². The molecule has 0 aliphatic carbocycles. The Morgan fingerprint density at radius 1 is 1.42 bits per heavy atom. The van der Waals surface area contributed by atoms with Gasteiger partial charge in [0.15, 0.2) is 0 Å². The number of fused-ring (bicyclic) bond motifs is 1. The molecular formula is C11H14N. The van der Waals surface area contributed by atoms with Crippen LogP contribution in [0.15, 0.2) is 18.2 Å². The fraction of sp³-hybridized carbons (Fsp3) is 0.455. The van der Waals surface area contributed by atoms with E-state index >= 15 is 0 Å². The number of benzene rings is 1. The van der Waals surface area contributed by atoms with E-state index < -0.39 is 0 Å². The number of hydrogen-bond donors (Lipinski definition) is 0. The van der Waals surface area contributed by atoms with Crippen LogP contribution in [-0.2, 0) is 6.42 Å². The highest BCUT2D eigenvalue weighted by Gasteiger charge is 2.14. The minimum atomic E-state index is 0.513. The first-order chi connectivity index (χ1) is 5.75. The molecule has 0 aromatic heterocycles. The van der Waals surface area contributed by atoms with Gasteiger partial charge in [-0.2, -0.15) is 0 Å². The molecule has 1 nitrogen and oxygen atoms in total. The molecule has 1 aliphatic heterocycles. The third-order valence-corrected chi connectivity index (χ3v) is 2.43. The highest BCUT2D eigenvalue weighted by Crippen LogP contribution is 2.25. The van der Waals surface area contributed by atoms with E-state index in [1.54, 1.807) is 0 Å². The molecule has 0 saturated carbocycles. The van der Waals surface area contributed by atoms with Gasteiger partial charge in [-0.05, 0) is 43.9 Å². The van der Waals surface area contributed by atoms with Gasteiger partial charge in [0.25, 0.3) is 0 Å². The molecule has 1 aromatic carbocycles. The van der Waals surface area contributed by atoms with Crippen molar-refractivity contribution >= 4 is 5.69 Å². The van der Waals surface area contributed by atoms with E-state index in [0.29, 0.717) is 6.04 Å². The Morgan fingerprint density at radius 3 is 3.08 bits per heavy atom. The van der Waals surface area contributed by atoms with Crippen molar-refractivity contribution in [2.45, 2.75) is 32.7 Å². The van der Waals surface area contributed by atoms with Crippen LogP contribution >= 0.6 is 0 Å². The van der Waals surface area contributed by atoms with Gasteiger partial charge >= 0.3 is 0 Å². The van der Waals surface area contributed by atoms with Crippen molar-refractivity contribution in [2.24, 2.45) is 0 Å². The maximum Gasteiger partial charge on any atom is 0.0612 e. The van der Waals surface area contributed by atoms with E-state index in [1.807, 2.05) is 0 Å². The SMILES string of the molecule is Cc1ccc2c(c1)[N]C(C)CC2. The minimum Gasteiger partial charge on any atom is -0.282 e. The Morgan fingerprint density at radius 2 is 2.25 bits per heavy atom. The van der Waals surface area contributed by atoms with Crippen LogP contribution in [0.1, 0.15) is 24.5 Å². The van der Waals surface area contributed by atoms with Crippen molar-refractivity contribution in [3.05, 3.63) is 29.3 Å². The number of rotatable bonds is 0. The van der Waals surface area contributed by atoms with E-state index in [2.05, 4.69) is 37.4 Å². The Labute approximate surface area is 73.8 Å². The summed E-state index contributed by atoms with van der Waals surface area (Å²) < 4.78 is 0. The predicted octanol–water partition coefficient (Wildman–Crippen LogP) is 2.57. The molecule has 1 unspecified atom stereocenters. The zero-order valence-electron chi connectivity index (χ0n) is 7.67. The largest absolute Gasteiger partial charge is 0.282 e. The van der Waals surface area contributed by atoms with Crippen LogP contribution in [0, 0.1) is 6.92 Å². The fourth-order valence-corrected chi connectivity index (χ4v) is 1.67. The standard InChI is InChI=1S/C11H14N/c1-8-3-5-10-6-4-9(2)12-11(10)7-8/h3,5,7,9H,4,6H2,1-2H3. The van der Waals surface area contributed by atoms with Crippen LogP contribution in [0.4, 0.5) is 5.69 Å². The average molecular weight is 160 g/mol. The third-order valence-electron chi connectivity index (χ3n) is 2.43. The van der Waals surface area contributed by atoms with Crippen molar-refractivity contribution in [1.82, 2.24) is 5.32 Å². The van der Waals surface area contributed by atoms with Gasteiger partial charge in [0.2, 0.25) is 0 Å². The minimum absolute atomic E-state index is 0.513. The second kappa shape index (κ2) is 2.81. The van der Waals surface area contributed by atoms with Crippen LogP contribution in [-0.4, -0.2) is 6.04 Å². The lowest BCUT2D eigenvalue weighted by Crippen LogP contribution is -2.20. The fourth-order valence-electron chi connectivity index (χ4n) is 1.67. The van der Waals surface area contributed by atoms with Crippen LogP contribution in [0.3, 0.4) is 0 Å². The monoisotopic (exact) mass is 160 g/mol. The van der Waals surface area contributed by atoms with Gasteiger partial charge in [0.05, 0.1) is 5.69 Å². The number of aryl methyl sites for hydroxylation is 2. The van der Waals surface area contributed by atoms with Crippen molar-refractivity contribution in [3.8, 4) is 0 Å². The lowest BCUT2D eigenvalue weighted by Gasteiger charge is -2.21. The summed E-state index contributed by atoms with van der Waals surface area (Å²) >= 11 is 0. The van der Waals surface area contributed by atoms with Crippen molar-refractivity contribution in [2.75, 3.05) is 0 Å². The zero-order valence-corrected chi connectivity index (χ0v) is 7.67. The first-order valence-corrected chi connectivity index (χ1v) is 4.56. The molecule has 1 heterocycles. The number of nitrogens with zero attached hydrogens (tertiary/aromatic N) is 1. The van der Waals surface area contributed by atoms with E-state index in [1.165, 1.54) is 29.7 Å². The molecule has 1 radical (unpaired) electrons. The zero-order chi connectivity index (χ0) is 8.55. The Bertz CT molecular complexity index is 291. The lowest BCUT2D eigenvalue weighted by atomic mass is 9.98. The van der Waals surface area contributed by atoms with Gasteiger partial charge in [-0.1, -0.05) is 12.1 Å². The highest BCUT2D eigenvalue weighted by molar-refractivity contribution is 5.49. The third kappa shape index (κ3) is 1.31. The van der Waals surface area contributed by atoms with Crippen molar-refractivity contribution in [1.29, 1.82) is 0 Å². The molecule has 1 aromatic rings. The molecule has 2 rings (SSSR count). The Balaban J connectivity index is 2.37. The molecule has 0 fully saturated rings. The summed E-state index contributed by atoms with van der Waals surface area (Å²) in [5.74, 6) is 0. The first-order valence-electron chi connectivity index (χ1n) is 4.56. The summed E-state index contributed by atoms with van der Waals surface area (Å²) in [6.07, 6.45) is 2.40. The first kappa shape index (κ1) is 7.66. The van der Waals surface area contributed by atoms with Gasteiger partial charge < -0.3 is 0 Å². The van der Waals surface area contributed by atoms with Gasteiger partial charge in [-0.25, -0.2) is 0 Å². The summed E-state index contributed by atoms with van der Waals surface area (Å²) in [6, 6.07) is 7.08. The van der Waals surface area contributed by atoms with Crippen LogP contribution < -0.4 is 5.32 Å². The summed E-state index contributed by atoms with van der Waals surface area (Å²) in [6.45, 7) is 4.31. The molecule has 0 amide bonds. The second-order valence-corrected chi connectivity index (χ2v) is 3.65. The Hall–Kier alpha value is -0.980. The molecule has 12 heavy (non-hydrogen) atoms. The van der Waals surface area contributed by atoms with Crippen molar-refractivity contribution < 1.29 is 0 Å². The van der Waals surface area contributed by atoms with E-state index in [0.717, 1.165) is 0 Å². The molecule has 1 heteroatoms. The van der Waals surface area contributed by atoms with E-state index in [9.17, 15) is 0 Å². The number of hydrogen-bond acceptors (Lipinski definition) is 0. The molecule has 0 spiro atoms. The molecular weight excluding hydrogens is 146 g/mol. The average Bonchev–Trinajstić information content (AvgIpc) is 2.03. The highest BCUT2D eigenvalue weighted by atomic mass is 14.9. The van der Waals surface area contributed by atoms with Gasteiger partial charge in [-0.3, -0.25) is 5.32 Å². The van der Waals surface area contributed by atoms with Crippen molar-refractivity contribution in [3.63, 3.8) is 0 Å². The second-order valence-electron chi connectivity index (χ2n) is 3.65. The van der Waals surface area contributed by atoms with Gasteiger partial charge in [-0.15, -0.1) is 0 Å². The summed E-state index contributed by atoms with van der Waals surface area (Å²) in [5, 5.41) is 4.61. The summed E-state index contributed by atoms with van der Waals surface area (Å²) in [4.78, 5) is 0. The molecule has 1 aliphatic rings. The van der Waals surface area contributed by atoms with E-state index in [4.69, 9.17) is 0 Å². The lowest BCUT2D eigenvalue weighted by molar-refractivity contribution is 0.554. The summed E-state index contributed by atoms with van der Waals surface area (Å²) in [7, 11) is 0. The Kier molecular flexibility index (Phi) is 1.80. The maximum absolute atomic E-state index is 4.61. The van der Waals surface area contributed by atoms with Gasteiger partial charge in [0, 0.05) is 6.04 Å². The smallest absolute Gasteiger partial charge is 0.0612 e. The molecule has 0 saturated heterocycles.